The van der Waals surface area contributed by atoms with Gasteiger partial charge in [-0.25, -0.2) is 9.97 Å². The molecule has 6 nitrogen and oxygen atoms in total. The Hall–Kier alpha value is -3.12. The van der Waals surface area contributed by atoms with Crippen LogP contribution in [0, 0.1) is 0 Å². The van der Waals surface area contributed by atoms with E-state index in [1.54, 1.807) is 7.11 Å². The van der Waals surface area contributed by atoms with Gasteiger partial charge in [-0.3, -0.25) is 4.90 Å². The van der Waals surface area contributed by atoms with Gasteiger partial charge in [0.25, 0.3) is 0 Å². The van der Waals surface area contributed by atoms with E-state index in [1.807, 2.05) is 18.3 Å². The van der Waals surface area contributed by atoms with Crippen LogP contribution in [0.2, 0.25) is 0 Å². The Labute approximate surface area is 184 Å². The minimum absolute atomic E-state index is 0.879. The Morgan fingerprint density at radius 3 is 2.42 bits per heavy atom. The number of benzene rings is 2. The molecule has 0 aliphatic carbocycles. The molecule has 0 spiro atoms. The van der Waals surface area contributed by atoms with Crippen molar-refractivity contribution in [3.63, 3.8) is 0 Å². The summed E-state index contributed by atoms with van der Waals surface area (Å²) in [5, 5.41) is 0. The highest BCUT2D eigenvalue weighted by Crippen LogP contribution is 2.25. The lowest BCUT2D eigenvalue weighted by Crippen LogP contribution is -2.47. The molecule has 1 aromatic heterocycles. The fourth-order valence-corrected chi connectivity index (χ4v) is 4.53. The molecule has 2 aliphatic heterocycles. The molecule has 0 saturated carbocycles. The van der Waals surface area contributed by atoms with Crippen molar-refractivity contribution in [3.05, 3.63) is 77.6 Å². The first kappa shape index (κ1) is 19.8. The van der Waals surface area contributed by atoms with Crippen molar-refractivity contribution in [1.82, 2.24) is 14.9 Å². The van der Waals surface area contributed by atoms with Crippen LogP contribution < -0.4 is 14.5 Å². The maximum Gasteiger partial charge on any atom is 0.225 e. The number of nitrogens with zero attached hydrogens (tertiary/aromatic N) is 5. The van der Waals surface area contributed by atoms with Crippen molar-refractivity contribution >= 4 is 11.6 Å². The molecule has 2 aromatic carbocycles. The third-order valence-corrected chi connectivity index (χ3v) is 6.27. The molecular weight excluding hydrogens is 386 g/mol. The molecule has 6 heteroatoms. The van der Waals surface area contributed by atoms with Gasteiger partial charge >= 0.3 is 0 Å². The summed E-state index contributed by atoms with van der Waals surface area (Å²) in [7, 11) is 1.74. The van der Waals surface area contributed by atoms with E-state index in [0.717, 1.165) is 63.9 Å². The van der Waals surface area contributed by atoms with Crippen LogP contribution in [-0.4, -0.2) is 54.7 Å². The molecule has 0 N–H and O–H groups in total. The van der Waals surface area contributed by atoms with E-state index in [2.05, 4.69) is 57.2 Å². The number of ether oxygens (including phenoxy) is 1. The number of anilines is 2. The van der Waals surface area contributed by atoms with E-state index in [0.29, 0.717) is 0 Å². The van der Waals surface area contributed by atoms with E-state index < -0.39 is 0 Å². The van der Waals surface area contributed by atoms with Crippen LogP contribution in [-0.2, 0) is 19.5 Å². The quantitative estimate of drug-likeness (QED) is 0.637. The minimum atomic E-state index is 0.879. The van der Waals surface area contributed by atoms with E-state index in [9.17, 15) is 0 Å². The molecule has 160 valence electrons. The molecule has 0 unspecified atom stereocenters. The summed E-state index contributed by atoms with van der Waals surface area (Å²) in [6, 6.07) is 18.9. The van der Waals surface area contributed by atoms with E-state index >= 15 is 0 Å². The maximum absolute atomic E-state index is 5.51. The molecule has 1 fully saturated rings. The minimum Gasteiger partial charge on any atom is -0.496 e. The molecule has 0 radical (unpaired) electrons. The van der Waals surface area contributed by atoms with Crippen molar-refractivity contribution in [1.29, 1.82) is 0 Å². The summed E-state index contributed by atoms with van der Waals surface area (Å²) in [6.07, 6.45) is 3.00. The predicted molar refractivity (Wildman–Crippen MR) is 124 cm³/mol. The van der Waals surface area contributed by atoms with Crippen molar-refractivity contribution in [2.45, 2.75) is 19.5 Å². The lowest BCUT2D eigenvalue weighted by atomic mass is 10.1. The van der Waals surface area contributed by atoms with Crippen molar-refractivity contribution < 1.29 is 4.74 Å². The fraction of sp³-hybridized carbons (Fsp3) is 0.360. The number of para-hydroxylation sites is 2. The third kappa shape index (κ3) is 4.35. The van der Waals surface area contributed by atoms with Crippen LogP contribution in [0.4, 0.5) is 11.6 Å². The molecule has 0 amide bonds. The van der Waals surface area contributed by atoms with Crippen LogP contribution in [0.15, 0.2) is 60.8 Å². The SMILES string of the molecule is COc1ccccc1CN1CCc2nc(N3CCN(c4ccccc4)CC3)ncc2C1. The average Bonchev–Trinajstić information content (AvgIpc) is 2.85. The van der Waals surface area contributed by atoms with Crippen molar-refractivity contribution in [2.75, 3.05) is 49.6 Å². The molecule has 3 aromatic rings. The Bertz CT molecular complexity index is 1020. The fourth-order valence-electron chi connectivity index (χ4n) is 4.53. The van der Waals surface area contributed by atoms with Crippen LogP contribution >= 0.6 is 0 Å². The second-order valence-corrected chi connectivity index (χ2v) is 8.22. The zero-order valence-corrected chi connectivity index (χ0v) is 18.1. The second-order valence-electron chi connectivity index (χ2n) is 8.22. The Morgan fingerprint density at radius 2 is 1.61 bits per heavy atom. The van der Waals surface area contributed by atoms with Crippen LogP contribution in [0.1, 0.15) is 16.8 Å². The zero-order valence-electron chi connectivity index (χ0n) is 18.1. The van der Waals surface area contributed by atoms with Crippen molar-refractivity contribution in [3.8, 4) is 5.75 Å². The average molecular weight is 416 g/mol. The van der Waals surface area contributed by atoms with Gasteiger partial charge in [0.2, 0.25) is 5.95 Å². The lowest BCUT2D eigenvalue weighted by molar-refractivity contribution is 0.239. The molecule has 3 heterocycles. The normalized spacial score (nSPS) is 16.8. The van der Waals surface area contributed by atoms with Crippen molar-refractivity contribution in [2.24, 2.45) is 0 Å². The summed E-state index contributed by atoms with van der Waals surface area (Å²) in [5.41, 5.74) is 4.96. The smallest absolute Gasteiger partial charge is 0.225 e. The van der Waals surface area contributed by atoms with Gasteiger partial charge in [0.15, 0.2) is 0 Å². The third-order valence-electron chi connectivity index (χ3n) is 6.27. The first-order chi connectivity index (χ1) is 15.3. The number of methoxy groups -OCH3 is 1. The topological polar surface area (TPSA) is 44.7 Å². The first-order valence-electron chi connectivity index (χ1n) is 11.0. The van der Waals surface area contributed by atoms with Gasteiger partial charge in [-0.1, -0.05) is 36.4 Å². The number of piperazine rings is 1. The summed E-state index contributed by atoms with van der Waals surface area (Å²) in [6.45, 7) is 6.67. The second kappa shape index (κ2) is 8.94. The molecule has 5 rings (SSSR count). The Kier molecular flexibility index (Phi) is 5.71. The molecule has 2 aliphatic rings. The summed E-state index contributed by atoms with van der Waals surface area (Å²) in [5.74, 6) is 1.83. The predicted octanol–water partition coefficient (Wildman–Crippen LogP) is 3.37. The highest BCUT2D eigenvalue weighted by molar-refractivity contribution is 5.48. The van der Waals surface area contributed by atoms with Gasteiger partial charge in [0.05, 0.1) is 12.8 Å². The summed E-state index contributed by atoms with van der Waals surface area (Å²) >= 11 is 0. The number of rotatable bonds is 5. The number of hydrogen-bond donors (Lipinski definition) is 0. The van der Waals surface area contributed by atoms with Gasteiger partial charge in [-0.15, -0.1) is 0 Å². The molecular formula is C25H29N5O. The number of fused-ring (bicyclic) bond motifs is 1. The molecule has 0 atom stereocenters. The van der Waals surface area contributed by atoms with E-state index in [1.165, 1.54) is 22.5 Å². The highest BCUT2D eigenvalue weighted by atomic mass is 16.5. The van der Waals surface area contributed by atoms with E-state index in [4.69, 9.17) is 14.7 Å². The number of hydrogen-bond acceptors (Lipinski definition) is 6. The monoisotopic (exact) mass is 415 g/mol. The zero-order chi connectivity index (χ0) is 21.0. The molecule has 0 bridgehead atoms. The van der Waals surface area contributed by atoms with Gasteiger partial charge < -0.3 is 14.5 Å². The van der Waals surface area contributed by atoms with Gasteiger partial charge in [-0.2, -0.15) is 0 Å². The standard InChI is InChI=1S/C25H29N5O/c1-31-24-10-6-5-7-20(24)18-28-12-11-23-21(19-28)17-26-25(27-23)30-15-13-29(14-16-30)22-8-3-2-4-9-22/h2-10,17H,11-16,18-19H2,1H3. The van der Waals surface area contributed by atoms with E-state index in [-0.39, 0.29) is 0 Å². The van der Waals surface area contributed by atoms with Crippen LogP contribution in [0.25, 0.3) is 0 Å². The first-order valence-corrected chi connectivity index (χ1v) is 11.0. The van der Waals surface area contributed by atoms with Crippen LogP contribution in [0.5, 0.6) is 5.75 Å². The number of aromatic nitrogens is 2. The lowest BCUT2D eigenvalue weighted by Gasteiger charge is -2.36. The van der Waals surface area contributed by atoms with Crippen LogP contribution in [0.3, 0.4) is 0 Å². The maximum atomic E-state index is 5.51. The molecule has 31 heavy (non-hydrogen) atoms. The summed E-state index contributed by atoms with van der Waals surface area (Å²) < 4.78 is 5.51. The van der Waals surface area contributed by atoms with Gasteiger partial charge in [0, 0.05) is 75.2 Å². The largest absolute Gasteiger partial charge is 0.496 e. The van der Waals surface area contributed by atoms with Gasteiger partial charge in [-0.05, 0) is 18.2 Å². The molecule has 1 saturated heterocycles. The van der Waals surface area contributed by atoms with Gasteiger partial charge in [0.1, 0.15) is 5.75 Å². The highest BCUT2D eigenvalue weighted by Gasteiger charge is 2.23. The summed E-state index contributed by atoms with van der Waals surface area (Å²) in [4.78, 5) is 16.9. The Balaban J connectivity index is 1.22. The Morgan fingerprint density at radius 1 is 0.871 bits per heavy atom.